The van der Waals surface area contributed by atoms with E-state index in [0.29, 0.717) is 10.8 Å². The smallest absolute Gasteiger partial charge is 0.168 e. The number of aliphatic imine (C=N–C) groups is 1. The summed E-state index contributed by atoms with van der Waals surface area (Å²) in [5, 5.41) is 0. The number of hydrogen-bond acceptors (Lipinski definition) is 2. The van der Waals surface area contributed by atoms with Gasteiger partial charge < -0.3 is 0 Å². The highest BCUT2D eigenvalue weighted by Gasteiger charge is 1.86. The average Bonchev–Trinajstić information content (AvgIpc) is 1.82. The van der Waals surface area contributed by atoms with Gasteiger partial charge in [-0.05, 0) is 12.8 Å². The number of halogens is 1. The molecule has 48 valence electrons. The van der Waals surface area contributed by atoms with Gasteiger partial charge in [0.15, 0.2) is 6.29 Å². The largest absolute Gasteiger partial charge is 0.296 e. The molecular weight excluding hydrogens is 182 g/mol. The first-order valence-electron chi connectivity index (χ1n) is 2.18. The molecule has 0 saturated heterocycles. The topological polar surface area (TPSA) is 29.4 Å². The summed E-state index contributed by atoms with van der Waals surface area (Å²) in [4.78, 5) is 13.4. The third kappa shape index (κ3) is 3.85. The minimum atomic E-state index is 0.275. The second-order valence-electron chi connectivity index (χ2n) is 1.29. The zero-order chi connectivity index (χ0) is 7.28. The maximum atomic E-state index is 10.0. The molecule has 0 aliphatic carbocycles. The first-order chi connectivity index (χ1) is 4.20. The normalized spacial score (nSPS) is 10.6. The van der Waals surface area contributed by atoms with Gasteiger partial charge in [-0.2, -0.15) is 0 Å². The van der Waals surface area contributed by atoms with Crippen molar-refractivity contribution in [1.29, 1.82) is 0 Å². The Bertz CT molecular complexity index is 162. The van der Waals surface area contributed by atoms with Crippen molar-refractivity contribution in [3.05, 3.63) is 22.8 Å². The van der Waals surface area contributed by atoms with Crippen molar-refractivity contribution < 1.29 is 4.79 Å². The fraction of sp³-hybridized carbons (Fsp3) is 0. The fourth-order valence-corrected chi connectivity index (χ4v) is 0.512. The summed E-state index contributed by atoms with van der Waals surface area (Å²) in [7, 11) is 0. The van der Waals surface area contributed by atoms with Crippen molar-refractivity contribution in [1.82, 2.24) is 0 Å². The number of hydrogen-bond donors (Lipinski definition) is 0. The Labute approximate surface area is 62.1 Å². The first kappa shape index (κ1) is 8.30. The molecule has 0 rings (SSSR count). The Kier molecular flexibility index (Phi) is 3.88. The highest BCUT2D eigenvalue weighted by atomic mass is 79.9. The van der Waals surface area contributed by atoms with Gasteiger partial charge in [0, 0.05) is 4.48 Å². The van der Waals surface area contributed by atoms with Gasteiger partial charge in [-0.3, -0.25) is 9.79 Å². The van der Waals surface area contributed by atoms with Crippen molar-refractivity contribution in [3.8, 4) is 0 Å². The molecule has 0 aromatic heterocycles. The van der Waals surface area contributed by atoms with Gasteiger partial charge in [-0.25, -0.2) is 0 Å². The predicted octanol–water partition coefficient (Wildman–Crippen LogP) is 1.68. The highest BCUT2D eigenvalue weighted by molar-refractivity contribution is 9.11. The average molecular weight is 188 g/mol. The molecule has 3 heteroatoms. The van der Waals surface area contributed by atoms with Crippen LogP contribution in [-0.4, -0.2) is 13.0 Å². The zero-order valence-electron chi connectivity index (χ0n) is 4.80. The van der Waals surface area contributed by atoms with Crippen LogP contribution in [-0.2, 0) is 4.79 Å². The molecule has 0 aromatic rings. The summed E-state index contributed by atoms with van der Waals surface area (Å²) in [6, 6.07) is 0. The lowest BCUT2D eigenvalue weighted by atomic mass is 10.4. The van der Waals surface area contributed by atoms with Gasteiger partial charge in [0.25, 0.3) is 0 Å². The minimum Gasteiger partial charge on any atom is -0.296 e. The van der Waals surface area contributed by atoms with Gasteiger partial charge in [-0.1, -0.05) is 22.5 Å². The third-order valence-corrected chi connectivity index (χ3v) is 0.837. The summed E-state index contributed by atoms with van der Waals surface area (Å²) >= 11 is 3.04. The Morgan fingerprint density at radius 2 is 2.22 bits per heavy atom. The van der Waals surface area contributed by atoms with Crippen LogP contribution in [0.1, 0.15) is 0 Å². The summed E-state index contributed by atoms with van der Waals surface area (Å²) in [6.45, 7) is 6.66. The Morgan fingerprint density at radius 1 is 1.67 bits per heavy atom. The number of nitrogens with zero attached hydrogens (tertiary/aromatic N) is 1. The Hall–Kier alpha value is -0.700. The van der Waals surface area contributed by atoms with Crippen LogP contribution in [0.15, 0.2) is 27.8 Å². The van der Waals surface area contributed by atoms with Crippen molar-refractivity contribution in [2.45, 2.75) is 0 Å². The molecule has 2 nitrogen and oxygen atoms in total. The monoisotopic (exact) mass is 187 g/mol. The predicted molar refractivity (Wildman–Crippen MR) is 41.8 cm³/mol. The van der Waals surface area contributed by atoms with E-state index >= 15 is 0 Å². The molecule has 9 heavy (non-hydrogen) atoms. The number of carbonyl (C=O) groups is 1. The maximum absolute atomic E-state index is 10.0. The standard InChI is InChI=1S/C6H6BrNO/c1-5(7)3-6(4-9)8-2/h3-4H,1-2H2/b6-3-. The molecule has 0 saturated carbocycles. The second-order valence-corrected chi connectivity index (χ2v) is 2.31. The summed E-state index contributed by atoms with van der Waals surface area (Å²) in [6.07, 6.45) is 2.10. The maximum Gasteiger partial charge on any atom is 0.168 e. The van der Waals surface area contributed by atoms with E-state index in [2.05, 4.69) is 34.2 Å². The SMILES string of the molecule is C=N/C(C=O)=C\C(=C)Br. The molecule has 0 radical (unpaired) electrons. The van der Waals surface area contributed by atoms with E-state index in [1.165, 1.54) is 6.08 Å². The molecule has 0 aromatic carbocycles. The Morgan fingerprint density at radius 3 is 2.33 bits per heavy atom. The Balaban J connectivity index is 4.24. The van der Waals surface area contributed by atoms with Gasteiger partial charge in [0.2, 0.25) is 0 Å². The number of aldehydes is 1. The van der Waals surface area contributed by atoms with E-state index in [4.69, 9.17) is 0 Å². The van der Waals surface area contributed by atoms with Crippen LogP contribution in [0.5, 0.6) is 0 Å². The summed E-state index contributed by atoms with van der Waals surface area (Å²) in [5.41, 5.74) is 0.275. The molecule has 0 bridgehead atoms. The molecule has 0 aliphatic heterocycles. The fourth-order valence-electron chi connectivity index (χ4n) is 0.277. The summed E-state index contributed by atoms with van der Waals surface area (Å²) < 4.78 is 0.608. The summed E-state index contributed by atoms with van der Waals surface area (Å²) in [5.74, 6) is 0. The molecule has 0 amide bonds. The lowest BCUT2D eigenvalue weighted by Crippen LogP contribution is -1.76. The lowest BCUT2D eigenvalue weighted by Gasteiger charge is -1.84. The van der Waals surface area contributed by atoms with Gasteiger partial charge >= 0.3 is 0 Å². The minimum absolute atomic E-state index is 0.275. The number of allylic oxidation sites excluding steroid dienone is 3. The molecule has 0 atom stereocenters. The van der Waals surface area contributed by atoms with Crippen molar-refractivity contribution in [2.75, 3.05) is 0 Å². The van der Waals surface area contributed by atoms with Gasteiger partial charge in [-0.15, -0.1) is 0 Å². The highest BCUT2D eigenvalue weighted by Crippen LogP contribution is 2.05. The van der Waals surface area contributed by atoms with E-state index < -0.39 is 0 Å². The van der Waals surface area contributed by atoms with Crippen LogP contribution >= 0.6 is 15.9 Å². The van der Waals surface area contributed by atoms with Crippen molar-refractivity contribution >= 4 is 28.9 Å². The van der Waals surface area contributed by atoms with Crippen LogP contribution in [0.4, 0.5) is 0 Å². The molecule has 0 aliphatic rings. The molecular formula is C6H6BrNO. The van der Waals surface area contributed by atoms with E-state index in [1.807, 2.05) is 0 Å². The van der Waals surface area contributed by atoms with Crippen LogP contribution in [0, 0.1) is 0 Å². The number of carbonyl (C=O) groups excluding carboxylic acids is 1. The third-order valence-electron chi connectivity index (χ3n) is 0.608. The molecule has 0 fully saturated rings. The molecule has 0 unspecified atom stereocenters. The molecule has 0 spiro atoms. The molecule has 0 N–H and O–H groups in total. The second kappa shape index (κ2) is 4.21. The van der Waals surface area contributed by atoms with E-state index in [1.54, 1.807) is 0 Å². The lowest BCUT2D eigenvalue weighted by molar-refractivity contribution is -0.104. The van der Waals surface area contributed by atoms with Gasteiger partial charge in [0.05, 0.1) is 0 Å². The zero-order valence-corrected chi connectivity index (χ0v) is 6.39. The molecule has 0 heterocycles. The first-order valence-corrected chi connectivity index (χ1v) is 2.98. The van der Waals surface area contributed by atoms with Crippen LogP contribution in [0.2, 0.25) is 0 Å². The van der Waals surface area contributed by atoms with E-state index in [9.17, 15) is 4.79 Å². The number of rotatable bonds is 3. The van der Waals surface area contributed by atoms with Crippen LogP contribution in [0.3, 0.4) is 0 Å². The van der Waals surface area contributed by atoms with Crippen molar-refractivity contribution in [2.24, 2.45) is 4.99 Å². The van der Waals surface area contributed by atoms with Crippen molar-refractivity contribution in [3.63, 3.8) is 0 Å². The van der Waals surface area contributed by atoms with E-state index in [-0.39, 0.29) is 5.70 Å². The quantitative estimate of drug-likeness (QED) is 0.286. The van der Waals surface area contributed by atoms with Crippen LogP contribution < -0.4 is 0 Å². The van der Waals surface area contributed by atoms with Gasteiger partial charge in [0.1, 0.15) is 5.70 Å². The van der Waals surface area contributed by atoms with Crippen LogP contribution in [0.25, 0.3) is 0 Å². The van der Waals surface area contributed by atoms with E-state index in [0.717, 1.165) is 0 Å².